The zero-order valence-corrected chi connectivity index (χ0v) is 23.4. The second-order valence-electron chi connectivity index (χ2n) is 10.7. The second-order valence-corrected chi connectivity index (χ2v) is 11.7. The number of hydrogen-bond acceptors (Lipinski definition) is 3. The first kappa shape index (κ1) is 23.8. The molecule has 0 atom stereocenters. The molecule has 3 aromatic heterocycles. The fourth-order valence-electron chi connectivity index (χ4n) is 6.66. The van der Waals surface area contributed by atoms with Crippen LogP contribution in [0.2, 0.25) is 0 Å². The van der Waals surface area contributed by atoms with Gasteiger partial charge >= 0.3 is 0 Å². The van der Waals surface area contributed by atoms with E-state index in [0.29, 0.717) is 11.3 Å². The molecular weight excluding hydrogens is 547 g/mol. The Labute approximate surface area is 249 Å². The van der Waals surface area contributed by atoms with E-state index in [1.165, 1.54) is 0 Å². The number of rotatable bonds is 2. The lowest BCUT2D eigenvalue weighted by Gasteiger charge is -2.10. The maximum Gasteiger partial charge on any atom is 0.204 e. The van der Waals surface area contributed by atoms with Gasteiger partial charge in [0.1, 0.15) is 11.2 Å². The van der Waals surface area contributed by atoms with E-state index >= 15 is 0 Å². The predicted molar refractivity (Wildman–Crippen MR) is 177 cm³/mol. The number of benzene rings is 6. The largest absolute Gasteiger partial charge is 0.456 e. The van der Waals surface area contributed by atoms with Gasteiger partial charge in [0.15, 0.2) is 0 Å². The first-order valence-corrected chi connectivity index (χ1v) is 14.8. The summed E-state index contributed by atoms with van der Waals surface area (Å²) in [7, 11) is 0. The summed E-state index contributed by atoms with van der Waals surface area (Å²) in [5.74, 6) is 0. The molecule has 0 unspecified atom stereocenters. The van der Waals surface area contributed by atoms with Gasteiger partial charge in [-0.3, -0.25) is 0 Å². The molecule has 9 rings (SSSR count). The van der Waals surface area contributed by atoms with Crippen molar-refractivity contribution in [3.63, 3.8) is 0 Å². The molecule has 0 N–H and O–H groups in total. The SMILES string of the molecule is [C-]#[N+]c1ccc(-c2cccc3oc4ccccc4c23)c2c1sc1c(-n3c4ccccc4c4ccc(C#N)cc43)cccc12. The third-order valence-corrected chi connectivity index (χ3v) is 9.71. The van der Waals surface area contributed by atoms with Gasteiger partial charge < -0.3 is 8.98 Å². The van der Waals surface area contributed by atoms with Crippen molar-refractivity contribution in [2.45, 2.75) is 0 Å². The molecule has 0 aliphatic heterocycles. The smallest absolute Gasteiger partial charge is 0.204 e. The molecule has 0 saturated heterocycles. The first-order chi connectivity index (χ1) is 21.2. The molecule has 43 heavy (non-hydrogen) atoms. The summed E-state index contributed by atoms with van der Waals surface area (Å²) >= 11 is 1.66. The third-order valence-electron chi connectivity index (χ3n) is 8.46. The van der Waals surface area contributed by atoms with Gasteiger partial charge in [-0.25, -0.2) is 4.85 Å². The topological polar surface area (TPSA) is 46.2 Å². The van der Waals surface area contributed by atoms with Gasteiger partial charge in [0.2, 0.25) is 5.69 Å². The lowest BCUT2D eigenvalue weighted by Crippen LogP contribution is -1.94. The summed E-state index contributed by atoms with van der Waals surface area (Å²) in [6.45, 7) is 8.02. The van der Waals surface area contributed by atoms with E-state index in [1.54, 1.807) is 11.3 Å². The summed E-state index contributed by atoms with van der Waals surface area (Å²) in [5, 5.41) is 16.3. The summed E-state index contributed by atoms with van der Waals surface area (Å²) in [6.07, 6.45) is 0. The fraction of sp³-hybridized carbons (Fsp3) is 0. The average molecular weight is 566 g/mol. The Morgan fingerprint density at radius 2 is 1.40 bits per heavy atom. The lowest BCUT2D eigenvalue weighted by atomic mass is 9.95. The molecule has 3 heterocycles. The van der Waals surface area contributed by atoms with Gasteiger partial charge in [-0.15, -0.1) is 11.3 Å². The maximum atomic E-state index is 9.73. The molecule has 0 spiro atoms. The minimum atomic E-state index is 0.623. The van der Waals surface area contributed by atoms with E-state index < -0.39 is 0 Å². The van der Waals surface area contributed by atoms with E-state index in [9.17, 15) is 5.26 Å². The number of aromatic nitrogens is 1. The minimum absolute atomic E-state index is 0.623. The molecule has 0 aliphatic rings. The van der Waals surface area contributed by atoms with Gasteiger partial charge in [0.25, 0.3) is 0 Å². The van der Waals surface area contributed by atoms with Crippen molar-refractivity contribution in [1.82, 2.24) is 4.57 Å². The van der Waals surface area contributed by atoms with E-state index in [1.807, 2.05) is 54.6 Å². The molecule has 0 bridgehead atoms. The molecule has 0 radical (unpaired) electrons. The predicted octanol–water partition coefficient (Wildman–Crippen LogP) is 11.1. The highest BCUT2D eigenvalue weighted by atomic mass is 32.1. The van der Waals surface area contributed by atoms with Gasteiger partial charge in [-0.05, 0) is 52.9 Å². The molecule has 0 aliphatic carbocycles. The lowest BCUT2D eigenvalue weighted by molar-refractivity contribution is 0.669. The van der Waals surface area contributed by atoms with E-state index in [2.05, 4.69) is 76.1 Å². The van der Waals surface area contributed by atoms with Crippen LogP contribution in [0.3, 0.4) is 0 Å². The van der Waals surface area contributed by atoms with Crippen molar-refractivity contribution >= 4 is 80.9 Å². The van der Waals surface area contributed by atoms with Crippen LogP contribution >= 0.6 is 11.3 Å². The number of nitriles is 1. The summed E-state index contributed by atoms with van der Waals surface area (Å²) in [4.78, 5) is 3.95. The van der Waals surface area contributed by atoms with Crippen LogP contribution < -0.4 is 0 Å². The summed E-state index contributed by atoms with van der Waals surface area (Å²) in [6, 6.07) is 41.4. The van der Waals surface area contributed by atoms with Gasteiger partial charge in [0, 0.05) is 31.6 Å². The first-order valence-electron chi connectivity index (χ1n) is 13.9. The Morgan fingerprint density at radius 1 is 0.651 bits per heavy atom. The van der Waals surface area contributed by atoms with Crippen LogP contribution in [0.5, 0.6) is 0 Å². The minimum Gasteiger partial charge on any atom is -0.456 e. The quantitative estimate of drug-likeness (QED) is 0.196. The molecule has 0 saturated carbocycles. The Hall–Kier alpha value is -5.88. The standard InChI is InChI=1S/C38H19N3OS/c1-40-29-19-18-26(25-10-7-15-34-35(25)27-9-3-5-14-33(27)42-34)36-28-11-6-13-31(37(28)43-38(29)36)41-30-12-4-2-8-23(30)24-17-16-22(21-39)20-32(24)41/h2-20H. The summed E-state index contributed by atoms with van der Waals surface area (Å²) in [5.41, 5.74) is 8.25. The molecule has 0 amide bonds. The van der Waals surface area contributed by atoms with E-state index in [-0.39, 0.29) is 0 Å². The van der Waals surface area contributed by atoms with Crippen molar-refractivity contribution < 1.29 is 4.42 Å². The average Bonchev–Trinajstić information content (AvgIpc) is 3.74. The van der Waals surface area contributed by atoms with Crippen molar-refractivity contribution in [1.29, 1.82) is 5.26 Å². The normalized spacial score (nSPS) is 11.7. The van der Waals surface area contributed by atoms with Crippen molar-refractivity contribution in [2.24, 2.45) is 0 Å². The number of fused-ring (bicyclic) bond motifs is 9. The highest BCUT2D eigenvalue weighted by Gasteiger charge is 2.21. The molecule has 6 aromatic carbocycles. The van der Waals surface area contributed by atoms with Crippen LogP contribution in [-0.2, 0) is 0 Å². The van der Waals surface area contributed by atoms with Crippen molar-refractivity contribution in [2.75, 3.05) is 0 Å². The Bertz CT molecular complexity index is 2710. The fourth-order valence-corrected chi connectivity index (χ4v) is 7.95. The van der Waals surface area contributed by atoms with Gasteiger partial charge in [0.05, 0.1) is 39.6 Å². The second kappa shape index (κ2) is 8.81. The van der Waals surface area contributed by atoms with Gasteiger partial charge in [-0.2, -0.15) is 5.26 Å². The third kappa shape index (κ3) is 3.23. The molecule has 9 aromatic rings. The van der Waals surface area contributed by atoms with E-state index in [4.69, 9.17) is 11.0 Å². The molecule has 4 nitrogen and oxygen atoms in total. The molecule has 0 fully saturated rings. The summed E-state index contributed by atoms with van der Waals surface area (Å²) < 4.78 is 10.6. The molecule has 5 heteroatoms. The number of furan rings is 1. The highest BCUT2D eigenvalue weighted by Crippen LogP contribution is 2.49. The zero-order valence-electron chi connectivity index (χ0n) is 22.6. The number of thiophene rings is 1. The number of para-hydroxylation sites is 2. The number of nitrogens with zero attached hydrogens (tertiary/aromatic N) is 3. The Kier molecular flexibility index (Phi) is 4.87. The molecular formula is C38H19N3OS. The van der Waals surface area contributed by atoms with Crippen LogP contribution in [0, 0.1) is 17.9 Å². The Balaban J connectivity index is 1.43. The van der Waals surface area contributed by atoms with Crippen molar-refractivity contribution in [3.8, 4) is 22.9 Å². The molecule has 198 valence electrons. The zero-order chi connectivity index (χ0) is 28.7. The Morgan fingerprint density at radius 3 is 2.28 bits per heavy atom. The maximum absolute atomic E-state index is 9.73. The number of hydrogen-bond donors (Lipinski definition) is 0. The highest BCUT2D eigenvalue weighted by molar-refractivity contribution is 7.27. The van der Waals surface area contributed by atoms with Crippen LogP contribution in [-0.4, -0.2) is 4.57 Å². The monoisotopic (exact) mass is 565 g/mol. The van der Waals surface area contributed by atoms with E-state index in [0.717, 1.165) is 80.7 Å². The van der Waals surface area contributed by atoms with Crippen molar-refractivity contribution in [3.05, 3.63) is 132 Å². The van der Waals surface area contributed by atoms with Crippen LogP contribution in [0.25, 0.3) is 85.6 Å². The van der Waals surface area contributed by atoms with Gasteiger partial charge in [-0.1, -0.05) is 78.9 Å². The van der Waals surface area contributed by atoms with Crippen LogP contribution in [0.4, 0.5) is 5.69 Å². The van der Waals surface area contributed by atoms with Crippen LogP contribution in [0.15, 0.2) is 120 Å². The van der Waals surface area contributed by atoms with Crippen LogP contribution in [0.1, 0.15) is 5.56 Å².